The Morgan fingerprint density at radius 3 is 2.83 bits per heavy atom. The van der Waals surface area contributed by atoms with Gasteiger partial charge in [0, 0.05) is 11.1 Å². The molecule has 1 amide bonds. The molecule has 1 aromatic carbocycles. The van der Waals surface area contributed by atoms with Crippen molar-refractivity contribution in [1.82, 2.24) is 14.8 Å². The zero-order chi connectivity index (χ0) is 17.0. The summed E-state index contributed by atoms with van der Waals surface area (Å²) in [5, 5.41) is 12.2. The van der Waals surface area contributed by atoms with Crippen molar-refractivity contribution in [3.8, 4) is 5.75 Å². The van der Waals surface area contributed by atoms with Crippen LogP contribution in [0.25, 0.3) is 0 Å². The van der Waals surface area contributed by atoms with Crippen molar-refractivity contribution < 1.29 is 9.53 Å². The van der Waals surface area contributed by atoms with E-state index in [0.717, 1.165) is 11.0 Å². The van der Waals surface area contributed by atoms with E-state index in [0.29, 0.717) is 16.5 Å². The Bertz CT molecular complexity index is 703. The molecular weight excluding hydrogens is 336 g/mol. The summed E-state index contributed by atoms with van der Waals surface area (Å²) in [5.74, 6) is 1.46. The Kier molecular flexibility index (Phi) is 5.90. The van der Waals surface area contributed by atoms with Gasteiger partial charge in [0.25, 0.3) is 0 Å². The van der Waals surface area contributed by atoms with Gasteiger partial charge in [-0.1, -0.05) is 23.4 Å². The maximum absolute atomic E-state index is 12.2. The molecule has 1 N–H and O–H groups in total. The van der Waals surface area contributed by atoms with Crippen LogP contribution in [0.15, 0.2) is 23.4 Å². The van der Waals surface area contributed by atoms with Crippen molar-refractivity contribution in [3.63, 3.8) is 0 Å². The lowest BCUT2D eigenvalue weighted by atomic mass is 10.3. The number of ether oxygens (including phenoxy) is 1. The fraction of sp³-hybridized carbons (Fsp3) is 0.400. The lowest BCUT2D eigenvalue weighted by Crippen LogP contribution is -2.15. The van der Waals surface area contributed by atoms with Crippen molar-refractivity contribution in [2.75, 3.05) is 18.2 Å². The van der Waals surface area contributed by atoms with Crippen LogP contribution in [0.3, 0.4) is 0 Å². The first-order chi connectivity index (χ1) is 10.9. The summed E-state index contributed by atoms with van der Waals surface area (Å²) < 4.78 is 7.21. The molecule has 2 rings (SSSR count). The Hall–Kier alpha value is -1.73. The molecule has 2 aromatic rings. The number of aromatic nitrogens is 3. The van der Waals surface area contributed by atoms with E-state index in [4.69, 9.17) is 16.3 Å². The van der Waals surface area contributed by atoms with Crippen LogP contribution in [0.4, 0.5) is 5.69 Å². The van der Waals surface area contributed by atoms with Gasteiger partial charge in [-0.25, -0.2) is 0 Å². The number of rotatable bonds is 6. The fourth-order valence-electron chi connectivity index (χ4n) is 2.14. The average Bonchev–Trinajstić information content (AvgIpc) is 2.86. The highest BCUT2D eigenvalue weighted by Gasteiger charge is 2.15. The van der Waals surface area contributed by atoms with Gasteiger partial charge in [0.2, 0.25) is 5.91 Å². The number of nitrogens with zero attached hydrogens (tertiary/aromatic N) is 3. The van der Waals surface area contributed by atoms with E-state index in [1.807, 2.05) is 11.5 Å². The first-order valence-electron chi connectivity index (χ1n) is 7.10. The molecule has 0 radical (unpaired) electrons. The molecule has 0 bridgehead atoms. The molecule has 0 aliphatic rings. The number of hydrogen-bond donors (Lipinski definition) is 1. The normalized spacial score (nSPS) is 10.9. The summed E-state index contributed by atoms with van der Waals surface area (Å²) >= 11 is 7.30. The molecule has 0 atom stereocenters. The Labute approximate surface area is 144 Å². The lowest BCUT2D eigenvalue weighted by molar-refractivity contribution is -0.113. The van der Waals surface area contributed by atoms with Gasteiger partial charge in [0.15, 0.2) is 5.16 Å². The Morgan fingerprint density at radius 2 is 2.17 bits per heavy atom. The highest BCUT2D eigenvalue weighted by molar-refractivity contribution is 7.99. The molecule has 6 nitrogen and oxygen atoms in total. The largest absolute Gasteiger partial charge is 0.495 e. The van der Waals surface area contributed by atoms with Gasteiger partial charge in [0.05, 0.1) is 18.6 Å². The summed E-state index contributed by atoms with van der Waals surface area (Å²) in [6.07, 6.45) is 0. The van der Waals surface area contributed by atoms with E-state index >= 15 is 0 Å². The average molecular weight is 355 g/mol. The topological polar surface area (TPSA) is 69.0 Å². The van der Waals surface area contributed by atoms with E-state index in [1.165, 1.54) is 11.8 Å². The molecule has 8 heteroatoms. The van der Waals surface area contributed by atoms with E-state index in [-0.39, 0.29) is 17.7 Å². The van der Waals surface area contributed by atoms with Crippen LogP contribution in [0.1, 0.15) is 25.7 Å². The maximum atomic E-state index is 12.2. The van der Waals surface area contributed by atoms with E-state index in [1.54, 1.807) is 25.3 Å². The van der Waals surface area contributed by atoms with Crippen molar-refractivity contribution in [3.05, 3.63) is 29.0 Å². The summed E-state index contributed by atoms with van der Waals surface area (Å²) in [7, 11) is 1.54. The van der Waals surface area contributed by atoms with Crippen molar-refractivity contribution >= 4 is 35.0 Å². The molecule has 0 fully saturated rings. The number of aryl methyl sites for hydroxylation is 1. The molecule has 0 saturated heterocycles. The number of amides is 1. The number of carbonyl (C=O) groups is 1. The highest BCUT2D eigenvalue weighted by atomic mass is 35.5. The first-order valence-corrected chi connectivity index (χ1v) is 8.46. The zero-order valence-corrected chi connectivity index (χ0v) is 15.0. The summed E-state index contributed by atoms with van der Waals surface area (Å²) in [5.41, 5.74) is 0.548. The van der Waals surface area contributed by atoms with E-state index in [9.17, 15) is 4.79 Å². The molecule has 0 aliphatic heterocycles. The maximum Gasteiger partial charge on any atom is 0.234 e. The summed E-state index contributed by atoms with van der Waals surface area (Å²) in [6.45, 7) is 6.00. The van der Waals surface area contributed by atoms with Gasteiger partial charge in [-0.05, 0) is 39.0 Å². The second kappa shape index (κ2) is 7.70. The van der Waals surface area contributed by atoms with Crippen LogP contribution in [0.5, 0.6) is 5.75 Å². The predicted octanol–water partition coefficient (Wildman–Crippen LogP) is 3.56. The standard InChI is InChI=1S/C15H19ClN4O2S/c1-9(2)20-10(3)18-19-15(20)23-8-14(21)17-12-7-11(16)5-6-13(12)22-4/h5-7,9H,8H2,1-4H3,(H,17,21). The van der Waals surface area contributed by atoms with Crippen molar-refractivity contribution in [2.45, 2.75) is 32.0 Å². The molecule has 124 valence electrons. The van der Waals surface area contributed by atoms with Gasteiger partial charge in [-0.15, -0.1) is 10.2 Å². The zero-order valence-electron chi connectivity index (χ0n) is 13.5. The van der Waals surface area contributed by atoms with E-state index < -0.39 is 0 Å². The number of hydrogen-bond acceptors (Lipinski definition) is 5. The van der Waals surface area contributed by atoms with Gasteiger partial charge in [-0.2, -0.15) is 0 Å². The minimum Gasteiger partial charge on any atom is -0.495 e. The molecule has 1 heterocycles. The lowest BCUT2D eigenvalue weighted by Gasteiger charge is -2.12. The third-order valence-corrected chi connectivity index (χ3v) is 4.30. The number of methoxy groups -OCH3 is 1. The second-order valence-corrected chi connectivity index (χ2v) is 6.55. The van der Waals surface area contributed by atoms with Crippen molar-refractivity contribution in [2.24, 2.45) is 0 Å². The number of thioether (sulfide) groups is 1. The van der Waals surface area contributed by atoms with Gasteiger partial charge in [-0.3, -0.25) is 4.79 Å². The van der Waals surface area contributed by atoms with Gasteiger partial charge < -0.3 is 14.6 Å². The minimum absolute atomic E-state index is 0.161. The van der Waals surface area contributed by atoms with Crippen LogP contribution in [0, 0.1) is 6.92 Å². The number of anilines is 1. The van der Waals surface area contributed by atoms with Crippen molar-refractivity contribution in [1.29, 1.82) is 0 Å². The summed E-state index contributed by atoms with van der Waals surface area (Å²) in [4.78, 5) is 12.2. The first kappa shape index (κ1) is 17.6. The van der Waals surface area contributed by atoms with E-state index in [2.05, 4.69) is 29.4 Å². The van der Waals surface area contributed by atoms with Crippen LogP contribution in [-0.2, 0) is 4.79 Å². The number of benzene rings is 1. The SMILES string of the molecule is COc1ccc(Cl)cc1NC(=O)CSc1nnc(C)n1C(C)C. The smallest absolute Gasteiger partial charge is 0.234 e. The number of carbonyl (C=O) groups excluding carboxylic acids is 1. The van der Waals surface area contributed by atoms with Crippen LogP contribution >= 0.6 is 23.4 Å². The second-order valence-electron chi connectivity index (χ2n) is 5.17. The number of nitrogens with one attached hydrogen (secondary N) is 1. The molecule has 1 aromatic heterocycles. The molecule has 0 spiro atoms. The molecular formula is C15H19ClN4O2S. The predicted molar refractivity (Wildman–Crippen MR) is 92.5 cm³/mol. The monoisotopic (exact) mass is 354 g/mol. The van der Waals surface area contributed by atoms with Gasteiger partial charge in [0.1, 0.15) is 11.6 Å². The molecule has 0 unspecified atom stereocenters. The Morgan fingerprint density at radius 1 is 1.43 bits per heavy atom. The van der Waals surface area contributed by atoms with Gasteiger partial charge >= 0.3 is 0 Å². The molecule has 23 heavy (non-hydrogen) atoms. The fourth-order valence-corrected chi connectivity index (χ4v) is 3.22. The quantitative estimate of drug-likeness (QED) is 0.803. The minimum atomic E-state index is -0.161. The molecule has 0 saturated carbocycles. The molecule has 0 aliphatic carbocycles. The van der Waals surface area contributed by atoms with Crippen LogP contribution in [-0.4, -0.2) is 33.5 Å². The third kappa shape index (κ3) is 4.39. The third-order valence-electron chi connectivity index (χ3n) is 3.12. The Balaban J connectivity index is 2.03. The highest BCUT2D eigenvalue weighted by Crippen LogP contribution is 2.28. The number of halogens is 1. The van der Waals surface area contributed by atoms with Crippen LogP contribution < -0.4 is 10.1 Å². The van der Waals surface area contributed by atoms with Crippen LogP contribution in [0.2, 0.25) is 5.02 Å². The summed E-state index contributed by atoms with van der Waals surface area (Å²) in [6, 6.07) is 5.32.